The zero-order valence-electron chi connectivity index (χ0n) is 10.5. The van der Waals surface area contributed by atoms with Crippen LogP contribution in [0.4, 0.5) is 0 Å². The van der Waals surface area contributed by atoms with Crippen LogP contribution in [-0.4, -0.2) is 4.98 Å². The molecular formula is C15H18ClN. The Labute approximate surface area is 108 Å². The van der Waals surface area contributed by atoms with E-state index in [1.54, 1.807) is 5.57 Å². The van der Waals surface area contributed by atoms with Gasteiger partial charge in [0.25, 0.3) is 0 Å². The van der Waals surface area contributed by atoms with Gasteiger partial charge >= 0.3 is 0 Å². The summed E-state index contributed by atoms with van der Waals surface area (Å²) in [6.45, 7) is 4.36. The monoisotopic (exact) mass is 247 g/mol. The molecule has 1 nitrogen and oxygen atoms in total. The number of pyridine rings is 1. The number of hydrogen-bond acceptors (Lipinski definition) is 1. The molecule has 0 atom stereocenters. The minimum atomic E-state index is 0.456. The highest BCUT2D eigenvalue weighted by molar-refractivity contribution is 6.30. The van der Waals surface area contributed by atoms with Gasteiger partial charge in [0, 0.05) is 0 Å². The Balaban J connectivity index is 2.08. The summed E-state index contributed by atoms with van der Waals surface area (Å²) in [5.74, 6) is 0.456. The van der Waals surface area contributed by atoms with Crippen molar-refractivity contribution in [1.82, 2.24) is 4.98 Å². The van der Waals surface area contributed by atoms with Crippen LogP contribution in [-0.2, 0) is 6.42 Å². The van der Waals surface area contributed by atoms with E-state index < -0.39 is 0 Å². The van der Waals surface area contributed by atoms with Crippen molar-refractivity contribution in [1.29, 1.82) is 0 Å². The third kappa shape index (κ3) is 1.81. The fraction of sp³-hybridized carbons (Fsp3) is 0.533. The van der Waals surface area contributed by atoms with Gasteiger partial charge in [0.1, 0.15) is 5.15 Å². The second kappa shape index (κ2) is 4.13. The molecule has 0 bridgehead atoms. The molecule has 0 saturated carbocycles. The van der Waals surface area contributed by atoms with E-state index in [9.17, 15) is 0 Å². The Hall–Kier alpha value is -0.820. The summed E-state index contributed by atoms with van der Waals surface area (Å²) in [6, 6.07) is 2.29. The zero-order chi connectivity index (χ0) is 12.0. The molecule has 0 radical (unpaired) electrons. The second-order valence-corrected chi connectivity index (χ2v) is 5.85. The van der Waals surface area contributed by atoms with Crippen LogP contribution in [0.3, 0.4) is 0 Å². The highest BCUT2D eigenvalue weighted by Crippen LogP contribution is 2.42. The van der Waals surface area contributed by atoms with Crippen molar-refractivity contribution in [3.63, 3.8) is 0 Å². The van der Waals surface area contributed by atoms with Gasteiger partial charge in [-0.25, -0.2) is 4.98 Å². The molecule has 1 aromatic heterocycles. The molecule has 2 aliphatic rings. The molecule has 2 aliphatic carbocycles. The minimum Gasteiger partial charge on any atom is -0.236 e. The van der Waals surface area contributed by atoms with E-state index in [0.717, 1.165) is 6.42 Å². The van der Waals surface area contributed by atoms with Crippen molar-refractivity contribution < 1.29 is 0 Å². The van der Waals surface area contributed by atoms with Crippen molar-refractivity contribution >= 4 is 17.2 Å². The molecule has 0 fully saturated rings. The van der Waals surface area contributed by atoms with Crippen molar-refractivity contribution in [2.24, 2.45) is 0 Å². The van der Waals surface area contributed by atoms with E-state index in [4.69, 9.17) is 11.6 Å². The smallest absolute Gasteiger partial charge is 0.133 e. The predicted molar refractivity (Wildman–Crippen MR) is 72.4 cm³/mol. The molecule has 2 heteroatoms. The van der Waals surface area contributed by atoms with Gasteiger partial charge in [0.05, 0.1) is 5.69 Å². The van der Waals surface area contributed by atoms with Gasteiger partial charge in [-0.1, -0.05) is 31.0 Å². The standard InChI is InChI=1S/C15H18ClN/c1-9(2)13-8-11-7-10-5-3-4-6-12(10)14(11)17-15(13)16/h8-9H,3-7H2,1-2H3. The zero-order valence-corrected chi connectivity index (χ0v) is 11.3. The number of aromatic nitrogens is 1. The van der Waals surface area contributed by atoms with Crippen molar-refractivity contribution in [2.75, 3.05) is 0 Å². The summed E-state index contributed by atoms with van der Waals surface area (Å²) in [6.07, 6.45) is 6.24. The molecule has 0 unspecified atom stereocenters. The van der Waals surface area contributed by atoms with Crippen LogP contribution in [0.1, 0.15) is 62.3 Å². The number of fused-ring (bicyclic) bond motifs is 2. The van der Waals surface area contributed by atoms with Crippen LogP contribution < -0.4 is 0 Å². The molecule has 0 N–H and O–H groups in total. The first kappa shape index (κ1) is 11.3. The predicted octanol–water partition coefficient (Wildman–Crippen LogP) is 4.74. The van der Waals surface area contributed by atoms with Crippen LogP contribution >= 0.6 is 11.6 Å². The van der Waals surface area contributed by atoms with Crippen LogP contribution in [0.15, 0.2) is 11.6 Å². The van der Waals surface area contributed by atoms with E-state index in [-0.39, 0.29) is 0 Å². The van der Waals surface area contributed by atoms with E-state index >= 15 is 0 Å². The van der Waals surface area contributed by atoms with Gasteiger partial charge in [-0.2, -0.15) is 0 Å². The number of rotatable bonds is 1. The Morgan fingerprint density at radius 3 is 2.76 bits per heavy atom. The topological polar surface area (TPSA) is 12.9 Å². The molecule has 3 rings (SSSR count). The summed E-state index contributed by atoms with van der Waals surface area (Å²) in [5, 5.41) is 0.707. The van der Waals surface area contributed by atoms with Gasteiger partial charge < -0.3 is 0 Å². The average Bonchev–Trinajstić information content (AvgIpc) is 2.65. The van der Waals surface area contributed by atoms with Crippen LogP contribution in [0.2, 0.25) is 5.15 Å². The molecular weight excluding hydrogens is 230 g/mol. The van der Waals surface area contributed by atoms with E-state index in [0.29, 0.717) is 11.1 Å². The molecule has 0 aliphatic heterocycles. The summed E-state index contributed by atoms with van der Waals surface area (Å²) >= 11 is 6.30. The maximum atomic E-state index is 6.30. The first-order chi connectivity index (χ1) is 8.16. The Morgan fingerprint density at radius 2 is 2.00 bits per heavy atom. The fourth-order valence-corrected chi connectivity index (χ4v) is 3.39. The van der Waals surface area contributed by atoms with Gasteiger partial charge in [0.15, 0.2) is 0 Å². The SMILES string of the molecule is CC(C)c1cc2c(nc1Cl)C1=C(CCCC1)C2. The second-order valence-electron chi connectivity index (χ2n) is 5.50. The Kier molecular flexibility index (Phi) is 2.74. The highest BCUT2D eigenvalue weighted by Gasteiger charge is 2.26. The maximum Gasteiger partial charge on any atom is 0.133 e. The summed E-state index contributed by atoms with van der Waals surface area (Å²) < 4.78 is 0. The van der Waals surface area contributed by atoms with Gasteiger partial charge in [-0.05, 0) is 60.8 Å². The van der Waals surface area contributed by atoms with Gasteiger partial charge in [0.2, 0.25) is 0 Å². The van der Waals surface area contributed by atoms with Crippen LogP contribution in [0, 0.1) is 0 Å². The molecule has 1 heterocycles. The average molecular weight is 248 g/mol. The molecule has 90 valence electrons. The summed E-state index contributed by atoms with van der Waals surface area (Å²) in [5.41, 5.74) is 6.93. The molecule has 0 aromatic carbocycles. The van der Waals surface area contributed by atoms with E-state index in [2.05, 4.69) is 24.9 Å². The summed E-state index contributed by atoms with van der Waals surface area (Å²) in [7, 11) is 0. The maximum absolute atomic E-state index is 6.30. The van der Waals surface area contributed by atoms with E-state index in [1.165, 1.54) is 48.1 Å². The lowest BCUT2D eigenvalue weighted by molar-refractivity contribution is 0.710. The normalized spacial score (nSPS) is 18.6. The lowest BCUT2D eigenvalue weighted by Gasteiger charge is -2.14. The van der Waals surface area contributed by atoms with Crippen molar-refractivity contribution in [3.8, 4) is 0 Å². The third-order valence-electron chi connectivity index (χ3n) is 3.98. The summed E-state index contributed by atoms with van der Waals surface area (Å²) in [4.78, 5) is 4.67. The molecule has 17 heavy (non-hydrogen) atoms. The molecule has 0 amide bonds. The number of hydrogen-bond donors (Lipinski definition) is 0. The quantitative estimate of drug-likeness (QED) is 0.653. The van der Waals surface area contributed by atoms with Gasteiger partial charge in [-0.3, -0.25) is 0 Å². The lowest BCUT2D eigenvalue weighted by atomic mass is 9.93. The van der Waals surface area contributed by atoms with Crippen LogP contribution in [0.5, 0.6) is 0 Å². The molecule has 0 saturated heterocycles. The number of allylic oxidation sites excluding steroid dienone is 2. The Bertz CT molecular complexity index is 500. The highest BCUT2D eigenvalue weighted by atomic mass is 35.5. The van der Waals surface area contributed by atoms with E-state index in [1.807, 2.05) is 0 Å². The number of nitrogens with zero attached hydrogens (tertiary/aromatic N) is 1. The van der Waals surface area contributed by atoms with Crippen molar-refractivity contribution in [3.05, 3.63) is 33.6 Å². The lowest BCUT2D eigenvalue weighted by Crippen LogP contribution is -1.98. The Morgan fingerprint density at radius 1 is 1.24 bits per heavy atom. The number of halogens is 1. The van der Waals surface area contributed by atoms with Crippen molar-refractivity contribution in [2.45, 2.75) is 51.9 Å². The first-order valence-corrected chi connectivity index (χ1v) is 6.95. The molecule has 0 spiro atoms. The van der Waals surface area contributed by atoms with Gasteiger partial charge in [-0.15, -0.1) is 0 Å². The molecule has 1 aromatic rings. The largest absolute Gasteiger partial charge is 0.236 e. The first-order valence-electron chi connectivity index (χ1n) is 6.57. The fourth-order valence-electron chi connectivity index (χ4n) is 3.03. The minimum absolute atomic E-state index is 0.456. The van der Waals surface area contributed by atoms with Crippen LogP contribution in [0.25, 0.3) is 5.57 Å². The third-order valence-corrected chi connectivity index (χ3v) is 4.28.